The van der Waals surface area contributed by atoms with Crippen LogP contribution < -0.4 is 16.6 Å². The molecule has 0 aliphatic heterocycles. The average Bonchev–Trinajstić information content (AvgIpc) is 2.51. The van der Waals surface area contributed by atoms with E-state index in [1.807, 2.05) is 17.6 Å². The second kappa shape index (κ2) is 5.06. The summed E-state index contributed by atoms with van der Waals surface area (Å²) in [4.78, 5) is 11.8. The van der Waals surface area contributed by atoms with Crippen LogP contribution in [0.15, 0.2) is 12.1 Å². The van der Waals surface area contributed by atoms with Gasteiger partial charge in [0.2, 0.25) is 0 Å². The summed E-state index contributed by atoms with van der Waals surface area (Å²) in [7, 11) is 0. The summed E-state index contributed by atoms with van der Waals surface area (Å²) in [5.74, 6) is 4.88. The predicted molar refractivity (Wildman–Crippen MR) is 53.8 cm³/mol. The molecule has 0 saturated carbocycles. The van der Waals surface area contributed by atoms with Gasteiger partial charge in [0, 0.05) is 11.4 Å². The molecule has 2 amide bonds. The van der Waals surface area contributed by atoms with E-state index in [9.17, 15) is 4.79 Å². The third kappa shape index (κ3) is 3.63. The molecule has 1 heterocycles. The number of amides is 2. The van der Waals surface area contributed by atoms with E-state index in [-0.39, 0.29) is 6.03 Å². The van der Waals surface area contributed by atoms with Gasteiger partial charge in [-0.05, 0) is 18.6 Å². The van der Waals surface area contributed by atoms with Gasteiger partial charge in [-0.3, -0.25) is 5.43 Å². The minimum atomic E-state index is -0.373. The van der Waals surface area contributed by atoms with Crippen molar-refractivity contribution in [3.63, 3.8) is 0 Å². The van der Waals surface area contributed by atoms with E-state index < -0.39 is 0 Å². The fraction of sp³-hybridized carbons (Fsp3) is 0.286. The average molecular weight is 220 g/mol. The molecule has 0 saturated heterocycles. The van der Waals surface area contributed by atoms with Crippen LogP contribution in [0.5, 0.6) is 0 Å². The van der Waals surface area contributed by atoms with Crippen LogP contribution in [0.1, 0.15) is 4.88 Å². The van der Waals surface area contributed by atoms with Gasteiger partial charge in [-0.25, -0.2) is 10.6 Å². The zero-order chi connectivity index (χ0) is 9.68. The van der Waals surface area contributed by atoms with E-state index in [1.165, 1.54) is 11.3 Å². The summed E-state index contributed by atoms with van der Waals surface area (Å²) >= 11 is 7.24. The quantitative estimate of drug-likeness (QED) is 0.405. The maximum Gasteiger partial charge on any atom is 0.328 e. The van der Waals surface area contributed by atoms with E-state index in [1.54, 1.807) is 0 Å². The largest absolute Gasteiger partial charge is 0.337 e. The van der Waals surface area contributed by atoms with E-state index in [0.717, 1.165) is 15.6 Å². The van der Waals surface area contributed by atoms with E-state index in [4.69, 9.17) is 17.4 Å². The molecular formula is C7H10ClN3OS. The minimum absolute atomic E-state index is 0.373. The van der Waals surface area contributed by atoms with Gasteiger partial charge in [0.25, 0.3) is 0 Å². The number of thiophene rings is 1. The highest BCUT2D eigenvalue weighted by molar-refractivity contribution is 7.16. The van der Waals surface area contributed by atoms with Crippen LogP contribution in [0.2, 0.25) is 4.34 Å². The Bertz CT molecular complexity index is 289. The van der Waals surface area contributed by atoms with Crippen LogP contribution >= 0.6 is 22.9 Å². The summed E-state index contributed by atoms with van der Waals surface area (Å²) in [5.41, 5.74) is 1.98. The van der Waals surface area contributed by atoms with Crippen molar-refractivity contribution in [3.05, 3.63) is 21.3 Å². The Morgan fingerprint density at radius 1 is 1.62 bits per heavy atom. The van der Waals surface area contributed by atoms with Gasteiger partial charge >= 0.3 is 6.03 Å². The Balaban J connectivity index is 2.24. The third-order valence-electron chi connectivity index (χ3n) is 1.42. The number of urea groups is 1. The standard InChI is InChI=1S/C7H10ClN3OS/c8-6-2-1-5(13-6)3-4-10-7(12)11-9/h1-2H,3-4,9H2,(H2,10,11,12). The molecule has 4 nitrogen and oxygen atoms in total. The van der Waals surface area contributed by atoms with Crippen molar-refractivity contribution in [3.8, 4) is 0 Å². The lowest BCUT2D eigenvalue weighted by Gasteiger charge is -2.01. The van der Waals surface area contributed by atoms with Gasteiger partial charge in [0.05, 0.1) is 4.34 Å². The number of carbonyl (C=O) groups excluding carboxylic acids is 1. The molecule has 13 heavy (non-hydrogen) atoms. The van der Waals surface area contributed by atoms with E-state index >= 15 is 0 Å². The summed E-state index contributed by atoms with van der Waals surface area (Å²) in [6, 6.07) is 3.40. The first-order chi connectivity index (χ1) is 6.22. The van der Waals surface area contributed by atoms with Crippen molar-refractivity contribution in [1.82, 2.24) is 10.7 Å². The molecule has 1 aromatic rings. The lowest BCUT2D eigenvalue weighted by molar-refractivity contribution is 0.241. The highest BCUT2D eigenvalue weighted by Gasteiger charge is 1.99. The molecule has 0 fully saturated rings. The molecule has 4 N–H and O–H groups in total. The molecule has 0 aliphatic carbocycles. The van der Waals surface area contributed by atoms with Gasteiger partial charge in [-0.2, -0.15) is 0 Å². The molecule has 0 bridgehead atoms. The third-order valence-corrected chi connectivity index (χ3v) is 2.71. The Labute approximate surface area is 85.0 Å². The minimum Gasteiger partial charge on any atom is -0.337 e. The molecule has 0 atom stereocenters. The Kier molecular flexibility index (Phi) is 4.01. The van der Waals surface area contributed by atoms with Crippen molar-refractivity contribution >= 4 is 29.0 Å². The van der Waals surface area contributed by atoms with Gasteiger partial charge in [0.1, 0.15) is 0 Å². The molecule has 0 radical (unpaired) electrons. The van der Waals surface area contributed by atoms with Gasteiger partial charge in [0.15, 0.2) is 0 Å². The number of nitrogens with two attached hydrogens (primary N) is 1. The van der Waals surface area contributed by atoms with Crippen molar-refractivity contribution in [2.75, 3.05) is 6.54 Å². The molecule has 0 unspecified atom stereocenters. The summed E-state index contributed by atoms with van der Waals surface area (Å²) < 4.78 is 0.762. The number of hydrogen-bond acceptors (Lipinski definition) is 3. The maximum absolute atomic E-state index is 10.6. The monoisotopic (exact) mass is 219 g/mol. The SMILES string of the molecule is NNC(=O)NCCc1ccc(Cl)s1. The zero-order valence-electron chi connectivity index (χ0n) is 6.84. The number of rotatable bonds is 3. The van der Waals surface area contributed by atoms with Crippen LogP contribution in [-0.2, 0) is 6.42 Å². The first-order valence-corrected chi connectivity index (χ1v) is 4.90. The van der Waals surface area contributed by atoms with Crippen LogP contribution in [0.3, 0.4) is 0 Å². The number of halogens is 1. The van der Waals surface area contributed by atoms with Crippen molar-refractivity contribution < 1.29 is 4.79 Å². The lowest BCUT2D eigenvalue weighted by Crippen LogP contribution is -2.40. The molecule has 0 spiro atoms. The smallest absolute Gasteiger partial charge is 0.328 e. The number of hydrogen-bond donors (Lipinski definition) is 3. The Hall–Kier alpha value is -0.780. The highest BCUT2D eigenvalue weighted by Crippen LogP contribution is 2.21. The number of hydrazine groups is 1. The Morgan fingerprint density at radius 2 is 2.38 bits per heavy atom. The Morgan fingerprint density at radius 3 is 2.92 bits per heavy atom. The first kappa shape index (κ1) is 10.3. The van der Waals surface area contributed by atoms with Crippen LogP contribution in [-0.4, -0.2) is 12.6 Å². The second-order valence-electron chi connectivity index (χ2n) is 2.36. The summed E-state index contributed by atoms with van der Waals surface area (Å²) in [6.07, 6.45) is 0.769. The van der Waals surface area contributed by atoms with Crippen molar-refractivity contribution in [1.29, 1.82) is 0 Å². The van der Waals surface area contributed by atoms with Gasteiger partial charge in [-0.1, -0.05) is 11.6 Å². The summed E-state index contributed by atoms with van der Waals surface area (Å²) in [5, 5.41) is 2.58. The molecule has 0 aliphatic rings. The molecule has 72 valence electrons. The van der Waals surface area contributed by atoms with Crippen LogP contribution in [0.25, 0.3) is 0 Å². The zero-order valence-corrected chi connectivity index (χ0v) is 8.41. The van der Waals surface area contributed by atoms with E-state index in [2.05, 4.69) is 5.32 Å². The van der Waals surface area contributed by atoms with Gasteiger partial charge < -0.3 is 5.32 Å². The van der Waals surface area contributed by atoms with E-state index in [0.29, 0.717) is 6.54 Å². The van der Waals surface area contributed by atoms with Crippen LogP contribution in [0.4, 0.5) is 4.79 Å². The predicted octanol–water partition coefficient (Wildman–Crippen LogP) is 1.12. The fourth-order valence-electron chi connectivity index (χ4n) is 0.836. The topological polar surface area (TPSA) is 67.1 Å². The normalized spacial score (nSPS) is 9.69. The molecule has 1 rings (SSSR count). The first-order valence-electron chi connectivity index (χ1n) is 3.71. The molecule has 6 heteroatoms. The lowest BCUT2D eigenvalue weighted by atomic mass is 10.3. The molecule has 0 aromatic carbocycles. The second-order valence-corrected chi connectivity index (χ2v) is 4.16. The summed E-state index contributed by atoms with van der Waals surface area (Å²) in [6.45, 7) is 0.555. The van der Waals surface area contributed by atoms with Crippen molar-refractivity contribution in [2.45, 2.75) is 6.42 Å². The van der Waals surface area contributed by atoms with Gasteiger partial charge in [-0.15, -0.1) is 11.3 Å². The fourth-order valence-corrected chi connectivity index (χ4v) is 1.92. The highest BCUT2D eigenvalue weighted by atomic mass is 35.5. The number of nitrogens with one attached hydrogen (secondary N) is 2. The maximum atomic E-state index is 10.6. The number of carbonyl (C=O) groups is 1. The van der Waals surface area contributed by atoms with Crippen LogP contribution in [0, 0.1) is 0 Å². The molecule has 1 aromatic heterocycles. The molecular weight excluding hydrogens is 210 g/mol. The van der Waals surface area contributed by atoms with Crippen molar-refractivity contribution in [2.24, 2.45) is 5.84 Å².